The van der Waals surface area contributed by atoms with Crippen LogP contribution in [-0.2, 0) is 12.6 Å². The third kappa shape index (κ3) is 4.18. The second kappa shape index (κ2) is 7.11. The molecular weight excluding hydrogens is 373 g/mol. The van der Waals surface area contributed by atoms with Gasteiger partial charge in [0.1, 0.15) is 5.01 Å². The standard InChI is InChI=1S/C17H12ClF3N2OS/c18-13-2-1-11(8-12(13)17(19,20)21)16-23-9-15(25-16)14(24)7-10-3-5-22-6-4-10/h1-6,8-9,14,24H,7H2. The van der Waals surface area contributed by atoms with Crippen molar-refractivity contribution < 1.29 is 18.3 Å². The molecule has 1 N–H and O–H groups in total. The van der Waals surface area contributed by atoms with E-state index in [1.807, 2.05) is 0 Å². The van der Waals surface area contributed by atoms with Crippen molar-refractivity contribution in [2.24, 2.45) is 0 Å². The van der Waals surface area contributed by atoms with Gasteiger partial charge in [-0.3, -0.25) is 4.98 Å². The van der Waals surface area contributed by atoms with Crippen molar-refractivity contribution in [2.75, 3.05) is 0 Å². The number of aromatic nitrogens is 2. The highest BCUT2D eigenvalue weighted by molar-refractivity contribution is 7.15. The monoisotopic (exact) mass is 384 g/mol. The van der Waals surface area contributed by atoms with Gasteiger partial charge in [0, 0.05) is 30.6 Å². The number of halogens is 4. The Morgan fingerprint density at radius 3 is 2.56 bits per heavy atom. The summed E-state index contributed by atoms with van der Waals surface area (Å²) in [5.41, 5.74) is 0.313. The molecule has 25 heavy (non-hydrogen) atoms. The summed E-state index contributed by atoms with van der Waals surface area (Å²) in [5.74, 6) is 0. The first kappa shape index (κ1) is 17.8. The Hall–Kier alpha value is -1.96. The molecule has 2 aromatic heterocycles. The summed E-state index contributed by atoms with van der Waals surface area (Å²) in [4.78, 5) is 8.63. The Balaban J connectivity index is 1.84. The second-order valence-electron chi connectivity index (χ2n) is 5.34. The number of nitrogens with zero attached hydrogens (tertiary/aromatic N) is 2. The summed E-state index contributed by atoms with van der Waals surface area (Å²) in [7, 11) is 0. The number of pyridine rings is 1. The van der Waals surface area contributed by atoms with Gasteiger partial charge in [0.15, 0.2) is 0 Å². The molecule has 0 saturated carbocycles. The maximum absolute atomic E-state index is 13.0. The average Bonchev–Trinajstić information content (AvgIpc) is 3.05. The first-order chi connectivity index (χ1) is 11.8. The van der Waals surface area contributed by atoms with Gasteiger partial charge in [-0.1, -0.05) is 17.7 Å². The first-order valence-electron chi connectivity index (χ1n) is 7.24. The number of hydrogen-bond acceptors (Lipinski definition) is 4. The molecule has 3 nitrogen and oxygen atoms in total. The molecule has 130 valence electrons. The summed E-state index contributed by atoms with van der Waals surface area (Å²) < 4.78 is 38.9. The van der Waals surface area contributed by atoms with Crippen LogP contribution >= 0.6 is 22.9 Å². The van der Waals surface area contributed by atoms with E-state index < -0.39 is 17.8 Å². The van der Waals surface area contributed by atoms with Gasteiger partial charge in [-0.15, -0.1) is 11.3 Å². The van der Waals surface area contributed by atoms with Crippen molar-refractivity contribution in [1.82, 2.24) is 9.97 Å². The summed E-state index contributed by atoms with van der Waals surface area (Å²) in [6.45, 7) is 0. The van der Waals surface area contributed by atoms with Gasteiger partial charge in [0.2, 0.25) is 0 Å². The zero-order valence-electron chi connectivity index (χ0n) is 12.7. The topological polar surface area (TPSA) is 46.0 Å². The third-order valence-corrected chi connectivity index (χ3v) is 5.03. The molecule has 0 aliphatic heterocycles. The Morgan fingerprint density at radius 2 is 1.88 bits per heavy atom. The normalized spacial score (nSPS) is 13.0. The fourth-order valence-corrected chi connectivity index (χ4v) is 3.42. The van der Waals surface area contributed by atoms with Crippen molar-refractivity contribution in [3.8, 4) is 10.6 Å². The summed E-state index contributed by atoms with van der Waals surface area (Å²) in [6, 6.07) is 7.24. The van der Waals surface area contributed by atoms with Gasteiger partial charge < -0.3 is 5.11 Å². The molecule has 0 aliphatic carbocycles. The van der Waals surface area contributed by atoms with Gasteiger partial charge in [0.05, 0.1) is 21.6 Å². The first-order valence-corrected chi connectivity index (χ1v) is 8.44. The van der Waals surface area contributed by atoms with Gasteiger partial charge in [0.25, 0.3) is 0 Å². The van der Waals surface area contributed by atoms with E-state index in [-0.39, 0.29) is 5.02 Å². The molecule has 0 radical (unpaired) electrons. The molecule has 1 unspecified atom stereocenters. The molecule has 8 heteroatoms. The van der Waals surface area contributed by atoms with Gasteiger partial charge in [-0.25, -0.2) is 4.98 Å². The molecule has 2 heterocycles. The van der Waals surface area contributed by atoms with E-state index in [0.29, 0.717) is 21.9 Å². The van der Waals surface area contributed by atoms with Crippen molar-refractivity contribution in [3.05, 3.63) is 69.9 Å². The van der Waals surface area contributed by atoms with Crippen molar-refractivity contribution in [2.45, 2.75) is 18.7 Å². The molecule has 0 bridgehead atoms. The van der Waals surface area contributed by atoms with Crippen LogP contribution in [0.4, 0.5) is 13.2 Å². The van der Waals surface area contributed by atoms with Crippen molar-refractivity contribution in [3.63, 3.8) is 0 Å². The van der Waals surface area contributed by atoms with Crippen LogP contribution in [0.15, 0.2) is 48.9 Å². The summed E-state index contributed by atoms with van der Waals surface area (Å²) >= 11 is 6.78. The molecular formula is C17H12ClF3N2OS. The van der Waals surface area contributed by atoms with E-state index in [9.17, 15) is 18.3 Å². The predicted molar refractivity (Wildman–Crippen MR) is 90.5 cm³/mol. The fraction of sp³-hybridized carbons (Fsp3) is 0.176. The van der Waals surface area contributed by atoms with Crippen LogP contribution in [0.3, 0.4) is 0 Å². The Labute approximate surface area is 150 Å². The zero-order valence-corrected chi connectivity index (χ0v) is 14.2. The lowest BCUT2D eigenvalue weighted by Gasteiger charge is -2.10. The van der Waals surface area contributed by atoms with Crippen LogP contribution in [0, 0.1) is 0 Å². The Kier molecular flexibility index (Phi) is 5.08. The number of hydrogen-bond donors (Lipinski definition) is 1. The maximum atomic E-state index is 13.0. The van der Waals surface area contributed by atoms with Crippen LogP contribution in [-0.4, -0.2) is 15.1 Å². The van der Waals surface area contributed by atoms with Crippen LogP contribution in [0.1, 0.15) is 22.1 Å². The Morgan fingerprint density at radius 1 is 1.16 bits per heavy atom. The Bertz CT molecular complexity index is 868. The van der Waals surface area contributed by atoms with E-state index in [1.165, 1.54) is 18.3 Å². The molecule has 1 atom stereocenters. The lowest BCUT2D eigenvalue weighted by molar-refractivity contribution is -0.137. The van der Waals surface area contributed by atoms with Crippen molar-refractivity contribution >= 4 is 22.9 Å². The molecule has 1 aromatic carbocycles. The van der Waals surface area contributed by atoms with Crippen molar-refractivity contribution in [1.29, 1.82) is 0 Å². The molecule has 0 fully saturated rings. The van der Waals surface area contributed by atoms with Gasteiger partial charge in [-0.05, 0) is 29.8 Å². The van der Waals surface area contributed by atoms with Gasteiger partial charge >= 0.3 is 6.18 Å². The second-order valence-corrected chi connectivity index (χ2v) is 6.80. The summed E-state index contributed by atoms with van der Waals surface area (Å²) in [5, 5.41) is 10.3. The molecule has 0 spiro atoms. The molecule has 3 rings (SSSR count). The lowest BCUT2D eigenvalue weighted by Crippen LogP contribution is -2.05. The number of rotatable bonds is 4. The molecule has 3 aromatic rings. The number of benzene rings is 1. The quantitative estimate of drug-likeness (QED) is 0.676. The molecule has 0 aliphatic rings. The predicted octanol–water partition coefficient (Wildman–Crippen LogP) is 5.15. The number of aliphatic hydroxyl groups is 1. The lowest BCUT2D eigenvalue weighted by atomic mass is 10.1. The largest absolute Gasteiger partial charge is 0.417 e. The van der Waals surface area contributed by atoms with E-state index in [1.54, 1.807) is 24.5 Å². The number of alkyl halides is 3. The van der Waals surface area contributed by atoms with Crippen LogP contribution < -0.4 is 0 Å². The molecule has 0 amide bonds. The van der Waals surface area contributed by atoms with E-state index in [2.05, 4.69) is 9.97 Å². The minimum absolute atomic E-state index is 0.309. The highest BCUT2D eigenvalue weighted by Crippen LogP contribution is 2.38. The minimum Gasteiger partial charge on any atom is -0.387 e. The van der Waals surface area contributed by atoms with E-state index in [4.69, 9.17) is 11.6 Å². The van der Waals surface area contributed by atoms with E-state index >= 15 is 0 Å². The number of aliphatic hydroxyl groups excluding tert-OH is 1. The average molecular weight is 385 g/mol. The minimum atomic E-state index is -4.53. The van der Waals surface area contributed by atoms with Crippen LogP contribution in [0.2, 0.25) is 5.02 Å². The fourth-order valence-electron chi connectivity index (χ4n) is 2.29. The van der Waals surface area contributed by atoms with Crippen LogP contribution in [0.5, 0.6) is 0 Å². The SMILES string of the molecule is OC(Cc1ccncc1)c1cnc(-c2ccc(Cl)c(C(F)(F)F)c2)s1. The maximum Gasteiger partial charge on any atom is 0.417 e. The smallest absolute Gasteiger partial charge is 0.387 e. The number of thiazole rings is 1. The van der Waals surface area contributed by atoms with Gasteiger partial charge in [-0.2, -0.15) is 13.2 Å². The highest BCUT2D eigenvalue weighted by Gasteiger charge is 2.33. The third-order valence-electron chi connectivity index (χ3n) is 3.55. The van der Waals surface area contributed by atoms with E-state index in [0.717, 1.165) is 23.0 Å². The molecule has 0 saturated heterocycles. The zero-order chi connectivity index (χ0) is 18.0. The summed E-state index contributed by atoms with van der Waals surface area (Å²) in [6.07, 6.45) is -0.206. The highest BCUT2D eigenvalue weighted by atomic mass is 35.5. The van der Waals surface area contributed by atoms with Crippen LogP contribution in [0.25, 0.3) is 10.6 Å².